The van der Waals surface area contributed by atoms with Crippen LogP contribution in [0.25, 0.3) is 145 Å². The summed E-state index contributed by atoms with van der Waals surface area (Å²) in [5.41, 5.74) is 18.7. The lowest BCUT2D eigenvalue weighted by molar-refractivity contribution is 0.689. The van der Waals surface area contributed by atoms with E-state index in [-0.39, 0.29) is 0 Å². The Bertz CT molecular complexity index is 4820. The van der Waals surface area contributed by atoms with E-state index < -0.39 is 0 Å². The highest BCUT2D eigenvalue weighted by atomic mass is 15.1. The molecule has 5 aromatic heterocycles. The highest BCUT2D eigenvalue weighted by molar-refractivity contribution is 6.43. The maximum Gasteiger partial charge on any atom is 0.137 e. The second kappa shape index (κ2) is 17.7. The quantitative estimate of drug-likeness (QED) is 0.142. The SMILES string of the molecule is C1=Cc2nc(-c3ccc(-n4c(-c5ccccc5)c(-c5ccccc5)c5c6c7ccccc7c7c(c(-c8ccccc8)c(-c8ccccc8)n7-c7ccc(-c8cn9ccccc9n8)cc7)c6c6ccccc6c54)cc3)cn2CC1. The molecule has 0 saturated heterocycles. The smallest absolute Gasteiger partial charge is 0.137 e. The summed E-state index contributed by atoms with van der Waals surface area (Å²) in [6, 6.07) is 86.7. The molecule has 1 aliphatic rings. The van der Waals surface area contributed by atoms with Crippen molar-refractivity contribution in [3.63, 3.8) is 0 Å². The number of hydrogen-bond acceptors (Lipinski definition) is 2. The summed E-state index contributed by atoms with van der Waals surface area (Å²) in [6.45, 7) is 0.944. The highest BCUT2D eigenvalue weighted by Gasteiger charge is 2.31. The molecule has 6 nitrogen and oxygen atoms in total. The predicted molar refractivity (Wildman–Crippen MR) is 323 cm³/mol. The van der Waals surface area contributed by atoms with E-state index in [1.54, 1.807) is 0 Å². The van der Waals surface area contributed by atoms with Crippen LogP contribution in [-0.2, 0) is 6.54 Å². The zero-order chi connectivity index (χ0) is 51.3. The summed E-state index contributed by atoms with van der Waals surface area (Å²) >= 11 is 0. The van der Waals surface area contributed by atoms with Gasteiger partial charge in [-0.05, 0) is 81.9 Å². The average Bonchev–Trinajstić information content (AvgIpc) is 4.47. The molecule has 16 rings (SSSR count). The molecule has 15 aromatic rings. The van der Waals surface area contributed by atoms with Crippen molar-refractivity contribution >= 4 is 65.8 Å². The van der Waals surface area contributed by atoms with Crippen LogP contribution in [0, 0.1) is 0 Å². The Morgan fingerprint density at radius 2 is 0.782 bits per heavy atom. The molecule has 0 aliphatic carbocycles. The minimum absolute atomic E-state index is 0.924. The van der Waals surface area contributed by atoms with Gasteiger partial charge in [-0.3, -0.25) is 0 Å². The van der Waals surface area contributed by atoms with E-state index in [0.29, 0.717) is 0 Å². The monoisotopic (exact) mass is 996 g/mol. The van der Waals surface area contributed by atoms with Crippen LogP contribution < -0.4 is 0 Å². The van der Waals surface area contributed by atoms with Gasteiger partial charge < -0.3 is 18.1 Å². The van der Waals surface area contributed by atoms with Gasteiger partial charge in [0.15, 0.2) is 0 Å². The van der Waals surface area contributed by atoms with Gasteiger partial charge in [-0.1, -0.05) is 206 Å². The summed E-state index contributed by atoms with van der Waals surface area (Å²) in [5.74, 6) is 1.01. The third-order valence-electron chi connectivity index (χ3n) is 16.0. The molecule has 10 aromatic carbocycles. The van der Waals surface area contributed by atoms with Crippen molar-refractivity contribution in [1.82, 2.24) is 28.1 Å². The predicted octanol–water partition coefficient (Wildman–Crippen LogP) is 18.3. The van der Waals surface area contributed by atoms with E-state index in [4.69, 9.17) is 9.97 Å². The van der Waals surface area contributed by atoms with Gasteiger partial charge in [-0.25, -0.2) is 9.97 Å². The fourth-order valence-corrected chi connectivity index (χ4v) is 12.7. The molecule has 1 aliphatic heterocycles. The lowest BCUT2D eigenvalue weighted by Gasteiger charge is -2.17. The van der Waals surface area contributed by atoms with Gasteiger partial charge in [-0.2, -0.15) is 0 Å². The van der Waals surface area contributed by atoms with E-state index in [1.165, 1.54) is 59.7 Å². The lowest BCUT2D eigenvalue weighted by Crippen LogP contribution is -2.01. The molecule has 0 bridgehead atoms. The van der Waals surface area contributed by atoms with Crippen LogP contribution in [-0.4, -0.2) is 28.1 Å². The van der Waals surface area contributed by atoms with Crippen molar-refractivity contribution in [1.29, 1.82) is 0 Å². The maximum atomic E-state index is 5.07. The molecule has 6 heterocycles. The van der Waals surface area contributed by atoms with Crippen molar-refractivity contribution in [2.75, 3.05) is 0 Å². The molecule has 0 saturated carbocycles. The minimum atomic E-state index is 0.924. The van der Waals surface area contributed by atoms with Crippen LogP contribution in [0.15, 0.2) is 261 Å². The van der Waals surface area contributed by atoms with Gasteiger partial charge in [-0.15, -0.1) is 0 Å². The average molecular weight is 997 g/mol. The third kappa shape index (κ3) is 6.76. The molecule has 6 heteroatoms. The van der Waals surface area contributed by atoms with Gasteiger partial charge in [0.25, 0.3) is 0 Å². The van der Waals surface area contributed by atoms with Crippen LogP contribution in [0.3, 0.4) is 0 Å². The maximum absolute atomic E-state index is 5.07. The van der Waals surface area contributed by atoms with E-state index in [1.807, 2.05) is 12.1 Å². The lowest BCUT2D eigenvalue weighted by atomic mass is 9.86. The fraction of sp³-hybridized carbons (Fsp3) is 0.0278. The van der Waals surface area contributed by atoms with E-state index in [2.05, 4.69) is 273 Å². The normalized spacial score (nSPS) is 12.5. The topological polar surface area (TPSA) is 45.0 Å². The molecule has 366 valence electrons. The van der Waals surface area contributed by atoms with Crippen molar-refractivity contribution < 1.29 is 0 Å². The molecule has 0 fully saturated rings. The van der Waals surface area contributed by atoms with Crippen molar-refractivity contribution in [2.24, 2.45) is 0 Å². The van der Waals surface area contributed by atoms with Crippen LogP contribution in [0.5, 0.6) is 0 Å². The number of fused-ring (bicyclic) bond motifs is 13. The first-order valence-corrected chi connectivity index (χ1v) is 26.9. The molecule has 0 amide bonds. The van der Waals surface area contributed by atoms with E-state index in [0.717, 1.165) is 97.5 Å². The Hall–Kier alpha value is -10.3. The summed E-state index contributed by atoms with van der Waals surface area (Å²) < 4.78 is 9.46. The number of rotatable bonds is 8. The molecule has 78 heavy (non-hydrogen) atoms. The first-order chi connectivity index (χ1) is 38.7. The number of nitrogens with zero attached hydrogens (tertiary/aromatic N) is 6. The van der Waals surface area contributed by atoms with Crippen molar-refractivity contribution in [2.45, 2.75) is 13.0 Å². The first kappa shape index (κ1) is 44.0. The standard InChI is InChI=1S/C72H48N6/c1-5-21-49(22-6-1)63-67-65-55-29-13-16-32-58(55)72-68(64(50-23-7-2-8-24-50)70(52-27-11-4-12-28-52)78(72)54-41-37-48(38-42-54)60-46-76-44-20-18-34-62(76)74-60)66(65)56-30-14-15-31-57(56)71(67)77(69(63)51-25-9-3-10-26-51)53-39-35-47(36-40-53)59-45-75-43-19-17-33-61(75)73-59/h1-19,21-43,45-46H,20,44H2. The number of aromatic nitrogens is 6. The van der Waals surface area contributed by atoms with Gasteiger partial charge in [0, 0.05) is 91.1 Å². The van der Waals surface area contributed by atoms with E-state index in [9.17, 15) is 0 Å². The van der Waals surface area contributed by atoms with Gasteiger partial charge in [0.05, 0.1) is 33.8 Å². The number of allylic oxidation sites excluding steroid dienone is 1. The molecule has 0 spiro atoms. The Balaban J connectivity index is 1.09. The van der Waals surface area contributed by atoms with Crippen molar-refractivity contribution in [3.8, 4) is 78.7 Å². The number of benzene rings is 10. The van der Waals surface area contributed by atoms with Crippen molar-refractivity contribution in [3.05, 3.63) is 267 Å². The van der Waals surface area contributed by atoms with Gasteiger partial charge in [0.2, 0.25) is 0 Å². The first-order valence-electron chi connectivity index (χ1n) is 26.9. The Kier molecular flexibility index (Phi) is 9.97. The number of aryl methyl sites for hydroxylation is 1. The summed E-state index contributed by atoms with van der Waals surface area (Å²) in [6.07, 6.45) is 11.7. The van der Waals surface area contributed by atoms with E-state index >= 15 is 0 Å². The van der Waals surface area contributed by atoms with Gasteiger partial charge in [0.1, 0.15) is 11.5 Å². The highest BCUT2D eigenvalue weighted by Crippen LogP contribution is 2.55. The summed E-state index contributed by atoms with van der Waals surface area (Å²) in [7, 11) is 0. The minimum Gasteiger partial charge on any atom is -0.331 e. The number of hydrogen-bond donors (Lipinski definition) is 0. The zero-order valence-electron chi connectivity index (χ0n) is 42.5. The second-order valence-corrected chi connectivity index (χ2v) is 20.4. The van der Waals surface area contributed by atoms with Crippen LogP contribution in [0.1, 0.15) is 12.2 Å². The van der Waals surface area contributed by atoms with Crippen LogP contribution >= 0.6 is 0 Å². The fourth-order valence-electron chi connectivity index (χ4n) is 12.7. The third-order valence-corrected chi connectivity index (χ3v) is 16.0. The molecular formula is C72H48N6. The summed E-state index contributed by atoms with van der Waals surface area (Å²) in [5, 5.41) is 9.63. The molecule has 0 N–H and O–H groups in total. The van der Waals surface area contributed by atoms with Gasteiger partial charge >= 0.3 is 0 Å². The van der Waals surface area contributed by atoms with Crippen LogP contribution in [0.4, 0.5) is 0 Å². The summed E-state index contributed by atoms with van der Waals surface area (Å²) in [4.78, 5) is 10.1. The number of imidazole rings is 2. The van der Waals surface area contributed by atoms with Crippen LogP contribution in [0.2, 0.25) is 0 Å². The second-order valence-electron chi connectivity index (χ2n) is 20.4. The number of pyridine rings is 1. The largest absolute Gasteiger partial charge is 0.331 e. The zero-order valence-corrected chi connectivity index (χ0v) is 42.5. The molecular weight excluding hydrogens is 949 g/mol. The Morgan fingerprint density at radius 1 is 0.346 bits per heavy atom. The Labute approximate surface area is 450 Å². The molecule has 0 unspecified atom stereocenters. The molecule has 0 radical (unpaired) electrons. The molecule has 0 atom stereocenters. The Morgan fingerprint density at radius 3 is 1.26 bits per heavy atom.